The van der Waals surface area contributed by atoms with Gasteiger partial charge in [-0.3, -0.25) is 4.79 Å². The van der Waals surface area contributed by atoms with Crippen LogP contribution in [0.3, 0.4) is 0 Å². The molecule has 26 heavy (non-hydrogen) atoms. The Hall–Kier alpha value is -2.67. The summed E-state index contributed by atoms with van der Waals surface area (Å²) in [6.07, 6.45) is 4.33. The molecule has 1 aliphatic rings. The molecule has 1 amide bonds. The van der Waals surface area contributed by atoms with E-state index in [2.05, 4.69) is 4.98 Å². The van der Waals surface area contributed by atoms with Crippen molar-refractivity contribution in [2.45, 2.75) is 32.4 Å². The fourth-order valence-corrected chi connectivity index (χ4v) is 3.49. The molecule has 6 nitrogen and oxygen atoms in total. The van der Waals surface area contributed by atoms with Crippen LogP contribution in [0.5, 0.6) is 5.75 Å². The average Bonchev–Trinajstić information content (AvgIpc) is 3.27. The van der Waals surface area contributed by atoms with Gasteiger partial charge in [0.25, 0.3) is 0 Å². The van der Waals surface area contributed by atoms with Crippen LogP contribution >= 0.6 is 11.3 Å². The minimum absolute atomic E-state index is 0.279. The minimum atomic E-state index is -0.947. The van der Waals surface area contributed by atoms with Crippen LogP contribution < -0.4 is 4.74 Å². The molecule has 1 aromatic heterocycles. The van der Waals surface area contributed by atoms with Crippen LogP contribution in [0.1, 0.15) is 29.1 Å². The van der Waals surface area contributed by atoms with Gasteiger partial charge < -0.3 is 14.7 Å². The minimum Gasteiger partial charge on any atom is -0.487 e. The Kier molecular flexibility index (Phi) is 5.68. The van der Waals surface area contributed by atoms with E-state index < -0.39 is 12.0 Å². The Morgan fingerprint density at radius 2 is 2.31 bits per heavy atom. The molecule has 1 aromatic carbocycles. The topological polar surface area (TPSA) is 79.7 Å². The summed E-state index contributed by atoms with van der Waals surface area (Å²) in [5.74, 6) is -0.536. The van der Waals surface area contributed by atoms with E-state index in [4.69, 9.17) is 9.84 Å². The van der Waals surface area contributed by atoms with E-state index in [1.54, 1.807) is 17.4 Å². The molecule has 7 heteroatoms. The summed E-state index contributed by atoms with van der Waals surface area (Å²) in [5.41, 5.74) is 1.70. The number of aryl methyl sites for hydroxylation is 1. The van der Waals surface area contributed by atoms with E-state index in [1.165, 1.54) is 11.0 Å². The number of nitrogens with zero attached hydrogens (tertiary/aromatic N) is 2. The molecular formula is C19H20N2O4S. The SMILES string of the molecule is Cc1nc(COc2cccc(/C=C/C(=O)N3CCCC3C(=O)O)c2)cs1. The Bertz CT molecular complexity index is 830. The molecule has 1 atom stereocenters. The van der Waals surface area contributed by atoms with E-state index in [1.807, 2.05) is 36.6 Å². The van der Waals surface area contributed by atoms with Crippen molar-refractivity contribution < 1.29 is 19.4 Å². The van der Waals surface area contributed by atoms with Gasteiger partial charge in [0.1, 0.15) is 18.4 Å². The van der Waals surface area contributed by atoms with E-state index in [0.29, 0.717) is 25.3 Å². The third kappa shape index (κ3) is 4.49. The molecule has 0 saturated carbocycles. The number of benzene rings is 1. The van der Waals surface area contributed by atoms with Crippen LogP contribution in [-0.2, 0) is 16.2 Å². The second-order valence-electron chi connectivity index (χ2n) is 6.08. The molecule has 1 aliphatic heterocycles. The highest BCUT2D eigenvalue weighted by Gasteiger charge is 2.32. The lowest BCUT2D eigenvalue weighted by molar-refractivity contribution is -0.146. The van der Waals surface area contributed by atoms with Crippen molar-refractivity contribution in [3.63, 3.8) is 0 Å². The third-order valence-electron chi connectivity index (χ3n) is 4.15. The second-order valence-corrected chi connectivity index (χ2v) is 7.14. The number of carbonyl (C=O) groups is 2. The van der Waals surface area contributed by atoms with Gasteiger partial charge in [-0.25, -0.2) is 9.78 Å². The van der Waals surface area contributed by atoms with Crippen LogP contribution in [0, 0.1) is 6.92 Å². The highest BCUT2D eigenvalue weighted by atomic mass is 32.1. The summed E-state index contributed by atoms with van der Waals surface area (Å²) < 4.78 is 5.74. The molecule has 1 saturated heterocycles. The van der Waals surface area contributed by atoms with Crippen molar-refractivity contribution >= 4 is 29.3 Å². The molecule has 136 valence electrons. The normalized spacial score (nSPS) is 17.0. The molecule has 0 bridgehead atoms. The molecular weight excluding hydrogens is 352 g/mol. The number of amides is 1. The Balaban J connectivity index is 1.61. The van der Waals surface area contributed by atoms with Crippen LogP contribution in [0.2, 0.25) is 0 Å². The van der Waals surface area contributed by atoms with Gasteiger partial charge in [0.2, 0.25) is 5.91 Å². The van der Waals surface area contributed by atoms with Gasteiger partial charge in [-0.1, -0.05) is 12.1 Å². The maximum absolute atomic E-state index is 12.3. The number of carboxylic acids is 1. The lowest BCUT2D eigenvalue weighted by Crippen LogP contribution is -2.39. The van der Waals surface area contributed by atoms with E-state index in [0.717, 1.165) is 22.7 Å². The molecule has 1 fully saturated rings. The van der Waals surface area contributed by atoms with Gasteiger partial charge in [0, 0.05) is 18.0 Å². The molecule has 0 spiro atoms. The number of hydrogen-bond acceptors (Lipinski definition) is 5. The summed E-state index contributed by atoms with van der Waals surface area (Å²) in [4.78, 5) is 29.2. The highest BCUT2D eigenvalue weighted by Crippen LogP contribution is 2.20. The predicted octanol–water partition coefficient (Wildman–Crippen LogP) is 3.12. The van der Waals surface area contributed by atoms with Crippen molar-refractivity contribution in [3.8, 4) is 5.75 Å². The first-order valence-corrected chi connectivity index (χ1v) is 9.26. The Labute approximate surface area is 155 Å². The summed E-state index contributed by atoms with van der Waals surface area (Å²) >= 11 is 1.58. The zero-order valence-electron chi connectivity index (χ0n) is 14.4. The average molecular weight is 372 g/mol. The quantitative estimate of drug-likeness (QED) is 0.788. The van der Waals surface area contributed by atoms with Crippen molar-refractivity contribution in [1.29, 1.82) is 0 Å². The summed E-state index contributed by atoms with van der Waals surface area (Å²) in [7, 11) is 0. The van der Waals surface area contributed by atoms with E-state index in [-0.39, 0.29) is 5.91 Å². The lowest BCUT2D eigenvalue weighted by atomic mass is 10.2. The molecule has 1 N–H and O–H groups in total. The number of thiazole rings is 1. The van der Waals surface area contributed by atoms with Crippen LogP contribution in [0.15, 0.2) is 35.7 Å². The molecule has 0 aliphatic carbocycles. The predicted molar refractivity (Wildman–Crippen MR) is 99.0 cm³/mol. The fraction of sp³-hybridized carbons (Fsp3) is 0.316. The second kappa shape index (κ2) is 8.14. The van der Waals surface area contributed by atoms with Crippen LogP contribution in [0.25, 0.3) is 6.08 Å². The first-order valence-electron chi connectivity index (χ1n) is 8.38. The number of carboxylic acid groups (broad SMARTS) is 1. The number of carbonyl (C=O) groups excluding carboxylic acids is 1. The monoisotopic (exact) mass is 372 g/mol. The Morgan fingerprint density at radius 3 is 3.04 bits per heavy atom. The maximum Gasteiger partial charge on any atom is 0.326 e. The van der Waals surface area contributed by atoms with Gasteiger partial charge in [0.05, 0.1) is 10.7 Å². The lowest BCUT2D eigenvalue weighted by Gasteiger charge is -2.19. The molecule has 3 rings (SSSR count). The van der Waals surface area contributed by atoms with Crippen LogP contribution in [-0.4, -0.2) is 39.5 Å². The van der Waals surface area contributed by atoms with Gasteiger partial charge in [-0.2, -0.15) is 0 Å². The van der Waals surface area contributed by atoms with Gasteiger partial charge in [-0.15, -0.1) is 11.3 Å². The number of rotatable bonds is 6. The largest absolute Gasteiger partial charge is 0.487 e. The van der Waals surface area contributed by atoms with Crippen molar-refractivity contribution in [2.24, 2.45) is 0 Å². The summed E-state index contributed by atoms with van der Waals surface area (Å²) in [6, 6.07) is 6.67. The Morgan fingerprint density at radius 1 is 1.46 bits per heavy atom. The van der Waals surface area contributed by atoms with Gasteiger partial charge in [-0.05, 0) is 43.5 Å². The van der Waals surface area contributed by atoms with Gasteiger partial charge >= 0.3 is 5.97 Å². The number of aliphatic carboxylic acids is 1. The number of ether oxygens (including phenoxy) is 1. The highest BCUT2D eigenvalue weighted by molar-refractivity contribution is 7.09. The zero-order chi connectivity index (χ0) is 18.5. The fourth-order valence-electron chi connectivity index (χ4n) is 2.89. The smallest absolute Gasteiger partial charge is 0.326 e. The summed E-state index contributed by atoms with van der Waals surface area (Å²) in [6.45, 7) is 2.83. The first kappa shape index (κ1) is 18.1. The number of likely N-dealkylation sites (tertiary alicyclic amines) is 1. The first-order chi connectivity index (χ1) is 12.5. The van der Waals surface area contributed by atoms with Gasteiger partial charge in [0.15, 0.2) is 0 Å². The standard InChI is InChI=1S/C19H20N2O4S/c1-13-20-15(12-26-13)11-25-16-5-2-4-14(10-16)7-8-18(22)21-9-3-6-17(21)19(23)24/h2,4-5,7-8,10,12,17H,3,6,9,11H2,1H3,(H,23,24)/b8-7+. The number of aromatic nitrogens is 1. The molecule has 2 heterocycles. The van der Waals surface area contributed by atoms with E-state index >= 15 is 0 Å². The maximum atomic E-state index is 12.3. The van der Waals surface area contributed by atoms with Crippen molar-refractivity contribution in [3.05, 3.63) is 52.0 Å². The van der Waals surface area contributed by atoms with E-state index in [9.17, 15) is 9.59 Å². The molecule has 1 unspecified atom stereocenters. The molecule has 2 aromatic rings. The molecule has 0 radical (unpaired) electrons. The van der Waals surface area contributed by atoms with Crippen LogP contribution in [0.4, 0.5) is 0 Å². The zero-order valence-corrected chi connectivity index (χ0v) is 15.2. The van der Waals surface area contributed by atoms with Crippen molar-refractivity contribution in [2.75, 3.05) is 6.54 Å². The summed E-state index contributed by atoms with van der Waals surface area (Å²) in [5, 5.41) is 12.1. The third-order valence-corrected chi connectivity index (χ3v) is 4.97. The van der Waals surface area contributed by atoms with Crippen molar-refractivity contribution in [1.82, 2.24) is 9.88 Å². The number of hydrogen-bond donors (Lipinski definition) is 1.